The molecule has 1 aromatic carbocycles. The Kier molecular flexibility index (Phi) is 9.38. The van der Waals surface area contributed by atoms with E-state index in [1.807, 2.05) is 30.3 Å². The largest absolute Gasteiger partial charge is 0.468 e. The third-order valence-corrected chi connectivity index (χ3v) is 4.88. The molecule has 2 N–H and O–H groups in total. The molecule has 1 atom stereocenters. The number of benzene rings is 1. The number of esters is 1. The van der Waals surface area contributed by atoms with E-state index in [4.69, 9.17) is 9.47 Å². The van der Waals surface area contributed by atoms with Gasteiger partial charge >= 0.3 is 17.8 Å². The van der Waals surface area contributed by atoms with Crippen LogP contribution in [0.5, 0.6) is 0 Å². The van der Waals surface area contributed by atoms with E-state index in [9.17, 15) is 24.0 Å². The number of H-pyrrole nitrogens is 1. The lowest BCUT2D eigenvalue weighted by atomic mass is 10.1. The molecule has 0 bridgehead atoms. The molecule has 0 fully saturated rings. The normalized spacial score (nSPS) is 11.9. The molecule has 35 heavy (non-hydrogen) atoms. The summed E-state index contributed by atoms with van der Waals surface area (Å²) in [6.45, 7) is 5.83. The van der Waals surface area contributed by atoms with E-state index < -0.39 is 54.0 Å². The van der Waals surface area contributed by atoms with Gasteiger partial charge in [-0.25, -0.2) is 9.59 Å². The Bertz CT molecular complexity index is 1150. The predicted molar refractivity (Wildman–Crippen MR) is 128 cm³/mol. The highest BCUT2D eigenvalue weighted by molar-refractivity contribution is 5.82. The summed E-state index contributed by atoms with van der Waals surface area (Å²) in [4.78, 5) is 64.8. The van der Waals surface area contributed by atoms with Crippen LogP contribution in [0.2, 0.25) is 0 Å². The maximum atomic E-state index is 13.1. The van der Waals surface area contributed by atoms with E-state index in [0.29, 0.717) is 6.42 Å². The zero-order valence-electron chi connectivity index (χ0n) is 20.6. The lowest BCUT2D eigenvalue weighted by molar-refractivity contribution is -0.147. The number of amides is 2. The van der Waals surface area contributed by atoms with Gasteiger partial charge in [-0.1, -0.05) is 30.3 Å². The smallest absolute Gasteiger partial charge is 0.407 e. The number of alkyl carbamates (subject to hydrolysis) is 1. The molecule has 190 valence electrons. The van der Waals surface area contributed by atoms with Crippen LogP contribution in [0.25, 0.3) is 0 Å². The zero-order valence-corrected chi connectivity index (χ0v) is 20.6. The summed E-state index contributed by atoms with van der Waals surface area (Å²) in [5.41, 5.74) is -0.877. The molecular weight excluding hydrogens is 456 g/mol. The van der Waals surface area contributed by atoms with E-state index in [2.05, 4.69) is 10.3 Å². The molecule has 1 aromatic heterocycles. The molecular formula is C24H32N4O7. The molecule has 11 heteroatoms. The van der Waals surface area contributed by atoms with Gasteiger partial charge in [0.2, 0.25) is 5.91 Å². The summed E-state index contributed by atoms with van der Waals surface area (Å²) >= 11 is 0. The number of aromatic nitrogens is 2. The van der Waals surface area contributed by atoms with Crippen LogP contribution in [0.15, 0.2) is 46.1 Å². The van der Waals surface area contributed by atoms with Crippen LogP contribution >= 0.6 is 0 Å². The first kappa shape index (κ1) is 27.4. The first-order chi connectivity index (χ1) is 16.4. The molecule has 0 saturated carbocycles. The van der Waals surface area contributed by atoms with Crippen LogP contribution in [-0.4, -0.2) is 64.3 Å². The van der Waals surface area contributed by atoms with E-state index >= 15 is 0 Å². The maximum absolute atomic E-state index is 13.1. The Labute approximate surface area is 203 Å². The number of nitrogens with one attached hydrogen (secondary N) is 2. The van der Waals surface area contributed by atoms with Crippen molar-refractivity contribution in [1.82, 2.24) is 19.8 Å². The first-order valence-corrected chi connectivity index (χ1v) is 11.1. The molecule has 1 heterocycles. The molecule has 2 rings (SSSR count). The van der Waals surface area contributed by atoms with Crippen molar-refractivity contribution in [3.63, 3.8) is 0 Å². The molecule has 2 amide bonds. The fourth-order valence-electron chi connectivity index (χ4n) is 3.26. The number of methoxy groups -OCH3 is 1. The average molecular weight is 489 g/mol. The van der Waals surface area contributed by atoms with Crippen molar-refractivity contribution >= 4 is 18.0 Å². The third-order valence-electron chi connectivity index (χ3n) is 4.88. The molecule has 0 aliphatic rings. The number of hydrogen-bond acceptors (Lipinski definition) is 7. The van der Waals surface area contributed by atoms with Gasteiger partial charge in [-0.3, -0.25) is 23.9 Å². The van der Waals surface area contributed by atoms with Crippen LogP contribution in [-0.2, 0) is 32.0 Å². The predicted octanol–water partition coefficient (Wildman–Crippen LogP) is 0.983. The Morgan fingerprint density at radius 1 is 1.14 bits per heavy atom. The van der Waals surface area contributed by atoms with Crippen LogP contribution in [0.1, 0.15) is 31.9 Å². The van der Waals surface area contributed by atoms with Crippen molar-refractivity contribution in [3.05, 3.63) is 68.5 Å². The quantitative estimate of drug-likeness (QED) is 0.502. The van der Waals surface area contributed by atoms with Crippen molar-refractivity contribution in [1.29, 1.82) is 0 Å². The first-order valence-electron chi connectivity index (χ1n) is 11.1. The second-order valence-electron chi connectivity index (χ2n) is 9.08. The van der Waals surface area contributed by atoms with Gasteiger partial charge in [-0.2, -0.15) is 0 Å². The molecule has 0 aliphatic heterocycles. The van der Waals surface area contributed by atoms with Crippen molar-refractivity contribution < 1.29 is 23.9 Å². The Morgan fingerprint density at radius 2 is 1.80 bits per heavy atom. The zero-order chi connectivity index (χ0) is 26.2. The summed E-state index contributed by atoms with van der Waals surface area (Å²) in [6.07, 6.45) is 0.954. The fraction of sp³-hybridized carbons (Fsp3) is 0.458. The van der Waals surface area contributed by atoms with Gasteiger partial charge in [0.1, 0.15) is 18.7 Å². The Morgan fingerprint density at radius 3 is 2.40 bits per heavy atom. The number of ether oxygens (including phenoxy) is 2. The third kappa shape index (κ3) is 9.11. The molecule has 2 aromatic rings. The fourth-order valence-corrected chi connectivity index (χ4v) is 3.26. The summed E-state index contributed by atoms with van der Waals surface area (Å²) in [5.74, 6) is -1.24. The standard InChI is InChI=1S/C24H32N4O7/c1-16-12-28(22(32)26-21(16)31)14-19(29)27(15-20(30)34-5)13-18(11-17-9-7-6-8-10-17)25-23(33)35-24(2,3)4/h6-10,12,18H,11,13-15H2,1-5H3,(H,25,33)(H,26,31,32). The van der Waals surface area contributed by atoms with Gasteiger partial charge in [-0.05, 0) is 39.7 Å². The number of hydrogen-bond donors (Lipinski definition) is 2. The second-order valence-corrected chi connectivity index (χ2v) is 9.08. The summed E-state index contributed by atoms with van der Waals surface area (Å²) < 4.78 is 11.1. The number of carbonyl (C=O) groups is 3. The monoisotopic (exact) mass is 488 g/mol. The topological polar surface area (TPSA) is 140 Å². The van der Waals surface area contributed by atoms with E-state index in [1.54, 1.807) is 20.8 Å². The number of nitrogens with zero attached hydrogens (tertiary/aromatic N) is 2. The minimum atomic E-state index is -0.750. The van der Waals surface area contributed by atoms with Crippen LogP contribution in [0, 0.1) is 6.92 Å². The highest BCUT2D eigenvalue weighted by atomic mass is 16.6. The minimum absolute atomic E-state index is 0.0564. The maximum Gasteiger partial charge on any atom is 0.407 e. The number of rotatable bonds is 9. The summed E-state index contributed by atoms with van der Waals surface area (Å²) in [6, 6.07) is 8.69. The van der Waals surface area contributed by atoms with Crippen LogP contribution in [0.3, 0.4) is 0 Å². The molecule has 11 nitrogen and oxygen atoms in total. The van der Waals surface area contributed by atoms with Crippen molar-refractivity contribution in [2.45, 2.75) is 52.3 Å². The van der Waals surface area contributed by atoms with E-state index in [-0.39, 0.29) is 12.1 Å². The molecule has 0 radical (unpaired) electrons. The Hall–Kier alpha value is -3.89. The highest BCUT2D eigenvalue weighted by Gasteiger charge is 2.26. The lowest BCUT2D eigenvalue weighted by Gasteiger charge is -2.29. The number of aromatic amines is 1. The summed E-state index contributed by atoms with van der Waals surface area (Å²) in [7, 11) is 1.20. The second kappa shape index (κ2) is 12.0. The van der Waals surface area contributed by atoms with Gasteiger partial charge in [0.25, 0.3) is 5.56 Å². The molecule has 0 aliphatic carbocycles. The van der Waals surface area contributed by atoms with Crippen molar-refractivity contribution in [2.75, 3.05) is 20.2 Å². The highest BCUT2D eigenvalue weighted by Crippen LogP contribution is 2.10. The van der Waals surface area contributed by atoms with Crippen LogP contribution in [0.4, 0.5) is 4.79 Å². The van der Waals surface area contributed by atoms with Crippen molar-refractivity contribution in [2.24, 2.45) is 0 Å². The number of carbonyl (C=O) groups excluding carboxylic acids is 3. The van der Waals surface area contributed by atoms with Gasteiger partial charge in [-0.15, -0.1) is 0 Å². The number of aryl methyl sites for hydroxylation is 1. The van der Waals surface area contributed by atoms with E-state index in [1.165, 1.54) is 25.1 Å². The SMILES string of the molecule is COC(=O)CN(CC(Cc1ccccc1)NC(=O)OC(C)(C)C)C(=O)Cn1cc(C)c(=O)[nH]c1=O. The summed E-state index contributed by atoms with van der Waals surface area (Å²) in [5, 5.41) is 2.77. The molecule has 0 saturated heterocycles. The molecule has 0 spiro atoms. The van der Waals surface area contributed by atoms with E-state index in [0.717, 1.165) is 10.1 Å². The minimum Gasteiger partial charge on any atom is -0.468 e. The Balaban J connectivity index is 2.30. The van der Waals surface area contributed by atoms with Crippen LogP contribution < -0.4 is 16.6 Å². The van der Waals surface area contributed by atoms with Gasteiger partial charge in [0.15, 0.2) is 0 Å². The van der Waals surface area contributed by atoms with Gasteiger partial charge in [0, 0.05) is 18.3 Å². The average Bonchev–Trinajstić information content (AvgIpc) is 2.76. The molecule has 1 unspecified atom stereocenters. The lowest BCUT2D eigenvalue weighted by Crippen LogP contribution is -2.50. The van der Waals surface area contributed by atoms with Crippen molar-refractivity contribution in [3.8, 4) is 0 Å². The van der Waals surface area contributed by atoms with Gasteiger partial charge in [0.05, 0.1) is 13.2 Å². The van der Waals surface area contributed by atoms with Gasteiger partial charge < -0.3 is 19.7 Å².